The van der Waals surface area contributed by atoms with E-state index in [-0.39, 0.29) is 5.97 Å². The van der Waals surface area contributed by atoms with E-state index in [0.717, 1.165) is 11.0 Å². The molecule has 0 unspecified atom stereocenters. The summed E-state index contributed by atoms with van der Waals surface area (Å²) in [4.78, 5) is 10.2. The van der Waals surface area contributed by atoms with Crippen LogP contribution in [0.25, 0.3) is 11.0 Å². The quantitative estimate of drug-likeness (QED) is 0.585. The molecule has 2 rings (SSSR count). The molecule has 0 aliphatic heterocycles. The summed E-state index contributed by atoms with van der Waals surface area (Å²) in [6, 6.07) is 7.70. The highest BCUT2D eigenvalue weighted by atomic mass is 16.5. The number of carbonyl (C=O) groups is 1. The number of nitrogens with zero attached hydrogens (tertiary/aromatic N) is 2. The number of nitrogens with one attached hydrogen (secondary N) is 1. The van der Waals surface area contributed by atoms with Crippen LogP contribution in [0.15, 0.2) is 36.4 Å². The summed E-state index contributed by atoms with van der Waals surface area (Å²) in [7, 11) is 1.33. The first kappa shape index (κ1) is 11.9. The van der Waals surface area contributed by atoms with Gasteiger partial charge in [-0.3, -0.25) is 0 Å². The first-order valence-corrected chi connectivity index (χ1v) is 4.64. The van der Waals surface area contributed by atoms with E-state index in [1.54, 1.807) is 6.92 Å². The first-order chi connectivity index (χ1) is 7.65. The number of rotatable bonds is 1. The van der Waals surface area contributed by atoms with Gasteiger partial charge < -0.3 is 4.74 Å². The van der Waals surface area contributed by atoms with Crippen LogP contribution in [0.4, 0.5) is 0 Å². The molecule has 0 bridgehead atoms. The lowest BCUT2D eigenvalue weighted by atomic mass is 10.3. The molecule has 0 atom stereocenters. The summed E-state index contributed by atoms with van der Waals surface area (Å²) < 4.78 is 4.27. The smallest absolute Gasteiger partial charge is 0.332 e. The number of H-pyrrole nitrogens is 1. The van der Waals surface area contributed by atoms with Crippen LogP contribution >= 0.6 is 0 Å². The van der Waals surface area contributed by atoms with Gasteiger partial charge in [0.25, 0.3) is 0 Å². The maximum absolute atomic E-state index is 10.2. The average Bonchev–Trinajstić information content (AvgIpc) is 2.76. The van der Waals surface area contributed by atoms with Gasteiger partial charge in [0.1, 0.15) is 11.0 Å². The number of carbonyl (C=O) groups excluding carboxylic acids is 1. The molecule has 0 aliphatic carbocycles. The Kier molecular flexibility index (Phi) is 4.20. The predicted molar refractivity (Wildman–Crippen MR) is 60.7 cm³/mol. The van der Waals surface area contributed by atoms with Gasteiger partial charge in [-0.25, -0.2) is 4.79 Å². The number of methoxy groups -OCH3 is 1. The summed E-state index contributed by atoms with van der Waals surface area (Å²) >= 11 is 0. The number of aromatic nitrogens is 3. The third kappa shape index (κ3) is 3.20. The van der Waals surface area contributed by atoms with Gasteiger partial charge in [-0.05, 0) is 19.1 Å². The van der Waals surface area contributed by atoms with Gasteiger partial charge in [0.05, 0.1) is 7.11 Å². The Hall–Kier alpha value is -2.17. The topological polar surface area (TPSA) is 67.9 Å². The van der Waals surface area contributed by atoms with Crippen molar-refractivity contribution in [2.75, 3.05) is 7.11 Å². The van der Waals surface area contributed by atoms with Gasteiger partial charge in [0, 0.05) is 5.57 Å². The Morgan fingerprint density at radius 3 is 2.12 bits per heavy atom. The van der Waals surface area contributed by atoms with Crippen molar-refractivity contribution in [3.8, 4) is 0 Å². The van der Waals surface area contributed by atoms with E-state index in [9.17, 15) is 4.79 Å². The van der Waals surface area contributed by atoms with E-state index in [1.807, 2.05) is 24.3 Å². The zero-order valence-electron chi connectivity index (χ0n) is 9.23. The van der Waals surface area contributed by atoms with Crippen molar-refractivity contribution in [2.45, 2.75) is 6.92 Å². The van der Waals surface area contributed by atoms with Crippen LogP contribution in [-0.4, -0.2) is 28.5 Å². The van der Waals surface area contributed by atoms with Crippen molar-refractivity contribution >= 4 is 17.0 Å². The number of hydrogen-bond acceptors (Lipinski definition) is 4. The Morgan fingerprint density at radius 2 is 1.81 bits per heavy atom. The summed E-state index contributed by atoms with van der Waals surface area (Å²) in [5, 5.41) is 10.3. The minimum Gasteiger partial charge on any atom is -0.466 e. The van der Waals surface area contributed by atoms with Gasteiger partial charge in [0.15, 0.2) is 0 Å². The Bertz CT molecular complexity index is 460. The summed E-state index contributed by atoms with van der Waals surface area (Å²) in [5.41, 5.74) is 2.26. The number of benzene rings is 1. The highest BCUT2D eigenvalue weighted by Gasteiger charge is 1.95. The third-order valence-electron chi connectivity index (χ3n) is 1.76. The molecule has 5 nitrogen and oxygen atoms in total. The largest absolute Gasteiger partial charge is 0.466 e. The van der Waals surface area contributed by atoms with Crippen LogP contribution < -0.4 is 0 Å². The molecule has 1 aromatic heterocycles. The molecule has 0 spiro atoms. The van der Waals surface area contributed by atoms with Crippen LogP contribution in [0.2, 0.25) is 0 Å². The fraction of sp³-hybridized carbons (Fsp3) is 0.182. The van der Waals surface area contributed by atoms with Crippen LogP contribution in [0.1, 0.15) is 6.92 Å². The Balaban J connectivity index is 0.000000168. The minimum absolute atomic E-state index is 0.347. The van der Waals surface area contributed by atoms with Crippen molar-refractivity contribution < 1.29 is 9.53 Å². The van der Waals surface area contributed by atoms with Crippen molar-refractivity contribution in [3.05, 3.63) is 36.4 Å². The van der Waals surface area contributed by atoms with Gasteiger partial charge >= 0.3 is 5.97 Å². The van der Waals surface area contributed by atoms with Crippen molar-refractivity contribution in [3.63, 3.8) is 0 Å². The van der Waals surface area contributed by atoms with Gasteiger partial charge in [0.2, 0.25) is 0 Å². The second kappa shape index (κ2) is 5.65. The monoisotopic (exact) mass is 219 g/mol. The normalized spacial score (nSPS) is 9.12. The molecule has 5 heteroatoms. The fourth-order valence-electron chi connectivity index (χ4n) is 0.960. The number of hydrogen-bond donors (Lipinski definition) is 1. The van der Waals surface area contributed by atoms with Crippen LogP contribution in [-0.2, 0) is 9.53 Å². The van der Waals surface area contributed by atoms with Crippen LogP contribution in [0.3, 0.4) is 0 Å². The van der Waals surface area contributed by atoms with Crippen LogP contribution in [0.5, 0.6) is 0 Å². The summed E-state index contributed by atoms with van der Waals surface area (Å²) in [6.45, 7) is 4.95. The number of fused-ring (bicyclic) bond motifs is 1. The van der Waals surface area contributed by atoms with E-state index >= 15 is 0 Å². The van der Waals surface area contributed by atoms with Crippen molar-refractivity contribution in [1.29, 1.82) is 0 Å². The van der Waals surface area contributed by atoms with E-state index in [4.69, 9.17) is 0 Å². The molecule has 16 heavy (non-hydrogen) atoms. The molecule has 1 aromatic carbocycles. The molecular weight excluding hydrogens is 206 g/mol. The van der Waals surface area contributed by atoms with Crippen molar-refractivity contribution in [2.24, 2.45) is 0 Å². The summed E-state index contributed by atoms with van der Waals surface area (Å²) in [6.07, 6.45) is 0. The average molecular weight is 219 g/mol. The minimum atomic E-state index is -0.347. The summed E-state index contributed by atoms with van der Waals surface area (Å²) in [5.74, 6) is -0.347. The predicted octanol–water partition coefficient (Wildman–Crippen LogP) is 1.69. The zero-order chi connectivity index (χ0) is 12.0. The van der Waals surface area contributed by atoms with E-state index in [1.165, 1.54) is 7.11 Å². The number of ether oxygens (including phenoxy) is 1. The highest BCUT2D eigenvalue weighted by molar-refractivity contribution is 5.86. The molecule has 0 saturated heterocycles. The lowest BCUT2D eigenvalue weighted by Crippen LogP contribution is -1.98. The van der Waals surface area contributed by atoms with Gasteiger partial charge in [-0.1, -0.05) is 18.7 Å². The van der Waals surface area contributed by atoms with Crippen molar-refractivity contribution in [1.82, 2.24) is 15.4 Å². The number of aromatic amines is 1. The molecule has 84 valence electrons. The lowest BCUT2D eigenvalue weighted by molar-refractivity contribution is -0.136. The third-order valence-corrected chi connectivity index (χ3v) is 1.76. The number of esters is 1. The molecule has 1 N–H and O–H groups in total. The second-order valence-electron chi connectivity index (χ2n) is 3.08. The molecule has 0 saturated carbocycles. The highest BCUT2D eigenvalue weighted by Crippen LogP contribution is 2.03. The standard InChI is InChI=1S/C6H5N3.C5H8O2/c1-2-4-6-5(3-1)7-9-8-6;1-4(2)5(6)7-3/h1-4H,(H,7,8,9);1H2,2-3H3. The molecule has 0 fully saturated rings. The molecular formula is C11H13N3O2. The van der Waals surface area contributed by atoms with Gasteiger partial charge in [-0.15, -0.1) is 0 Å². The Morgan fingerprint density at radius 1 is 1.31 bits per heavy atom. The molecule has 0 amide bonds. The van der Waals surface area contributed by atoms with Gasteiger partial charge in [-0.2, -0.15) is 15.4 Å². The first-order valence-electron chi connectivity index (χ1n) is 4.64. The molecule has 0 aliphatic rings. The van der Waals surface area contributed by atoms with E-state index in [0.29, 0.717) is 5.57 Å². The van der Waals surface area contributed by atoms with Crippen LogP contribution in [0, 0.1) is 0 Å². The zero-order valence-corrected chi connectivity index (χ0v) is 9.23. The molecule has 0 radical (unpaired) electrons. The Labute approximate surface area is 93.1 Å². The fourth-order valence-corrected chi connectivity index (χ4v) is 0.960. The molecule has 1 heterocycles. The lowest BCUT2D eigenvalue weighted by Gasteiger charge is -1.91. The maximum Gasteiger partial charge on any atom is 0.332 e. The number of para-hydroxylation sites is 2. The molecule has 2 aromatic rings. The SMILES string of the molecule is C=C(C)C(=O)OC.c1ccc2n[nH]nc2c1. The maximum atomic E-state index is 10.2. The van der Waals surface area contributed by atoms with E-state index < -0.39 is 0 Å². The second-order valence-corrected chi connectivity index (χ2v) is 3.08. The van der Waals surface area contributed by atoms with E-state index in [2.05, 4.69) is 26.7 Å².